The van der Waals surface area contributed by atoms with Crippen molar-refractivity contribution in [2.24, 2.45) is 11.8 Å². The van der Waals surface area contributed by atoms with Crippen molar-refractivity contribution in [3.8, 4) is 11.5 Å². The molecule has 2 aliphatic rings. The van der Waals surface area contributed by atoms with E-state index >= 15 is 0 Å². The highest BCUT2D eigenvalue weighted by Gasteiger charge is 2.40. The average Bonchev–Trinajstić information content (AvgIpc) is 3.49. The van der Waals surface area contributed by atoms with Crippen LogP contribution in [0.2, 0.25) is 0 Å². The standard InChI is InChI=1S/C44H51N5O9/c1-23(2)32-20-37(53)49(44(32)57)19-18-35(51)46-22-36(52)47-27(6)43(56)48-29-16-14-28(15-17-29)21-45-34(50)13-9-11-31-24(3)25(4)38-26(5)30-10-8-12-33(58-7)39(30)42(55)40(38)41(31)54/h8,10,12,14-17,23,27,32,54H,5,9,11,13,18-22H2,1-4,6-7H3,(H,45,50)(H,46,51)(H,47,52)(H,48,56). The molecule has 0 spiro atoms. The van der Waals surface area contributed by atoms with Gasteiger partial charge in [0.2, 0.25) is 41.2 Å². The topological polar surface area (TPSA) is 200 Å². The van der Waals surface area contributed by atoms with Crippen LogP contribution in [0.5, 0.6) is 11.5 Å². The number of fused-ring (bicyclic) bond motifs is 2. The molecule has 14 heteroatoms. The number of benzene rings is 3. The van der Waals surface area contributed by atoms with E-state index in [1.807, 2.05) is 33.8 Å². The smallest absolute Gasteiger partial charge is 0.246 e. The van der Waals surface area contributed by atoms with Gasteiger partial charge in [-0.25, -0.2) is 0 Å². The Morgan fingerprint density at radius 3 is 2.24 bits per heavy atom. The van der Waals surface area contributed by atoms with E-state index in [9.17, 15) is 38.7 Å². The van der Waals surface area contributed by atoms with Crippen molar-refractivity contribution < 1.29 is 43.4 Å². The number of hydrogen-bond donors (Lipinski definition) is 5. The van der Waals surface area contributed by atoms with Crippen LogP contribution in [-0.2, 0) is 41.7 Å². The minimum atomic E-state index is -0.924. The molecule has 2 unspecified atom stereocenters. The predicted octanol–water partition coefficient (Wildman–Crippen LogP) is 4.24. The lowest BCUT2D eigenvalue weighted by Gasteiger charge is -2.27. The molecule has 14 nitrogen and oxygen atoms in total. The molecule has 0 aromatic heterocycles. The Hall–Kier alpha value is -6.31. The van der Waals surface area contributed by atoms with Crippen LogP contribution in [0.4, 0.5) is 5.69 Å². The lowest BCUT2D eigenvalue weighted by molar-refractivity contribution is -0.140. The van der Waals surface area contributed by atoms with Gasteiger partial charge in [-0.15, -0.1) is 0 Å². The molecular weight excluding hydrogens is 743 g/mol. The van der Waals surface area contributed by atoms with Crippen LogP contribution in [0.1, 0.15) is 95.8 Å². The third kappa shape index (κ3) is 9.28. The highest BCUT2D eigenvalue weighted by atomic mass is 16.5. The molecule has 0 bridgehead atoms. The summed E-state index contributed by atoms with van der Waals surface area (Å²) in [5.74, 6) is -2.75. The second kappa shape index (κ2) is 18.3. The largest absolute Gasteiger partial charge is 0.507 e. The van der Waals surface area contributed by atoms with Crippen molar-refractivity contribution in [2.45, 2.75) is 79.3 Å². The molecule has 2 atom stereocenters. The van der Waals surface area contributed by atoms with Gasteiger partial charge in [-0.05, 0) is 96.7 Å². The fourth-order valence-corrected chi connectivity index (χ4v) is 7.37. The molecule has 58 heavy (non-hydrogen) atoms. The van der Waals surface area contributed by atoms with Gasteiger partial charge in [0.25, 0.3) is 0 Å². The average molecular weight is 794 g/mol. The number of nitrogens with one attached hydrogen (secondary N) is 4. The van der Waals surface area contributed by atoms with E-state index in [-0.39, 0.29) is 85.6 Å². The minimum absolute atomic E-state index is 0.0180. The number of likely N-dealkylation sites (tertiary alicyclic amines) is 1. The maximum atomic E-state index is 13.7. The Labute approximate surface area is 337 Å². The Morgan fingerprint density at radius 2 is 1.59 bits per heavy atom. The number of ketones is 1. The van der Waals surface area contributed by atoms with Crippen LogP contribution in [0, 0.1) is 25.7 Å². The van der Waals surface area contributed by atoms with E-state index in [0.717, 1.165) is 21.6 Å². The number of hydrogen-bond acceptors (Lipinski definition) is 9. The number of amides is 6. The third-order valence-corrected chi connectivity index (χ3v) is 10.9. The molecule has 1 fully saturated rings. The zero-order chi connectivity index (χ0) is 42.4. The van der Waals surface area contributed by atoms with E-state index < -0.39 is 23.8 Å². The summed E-state index contributed by atoms with van der Waals surface area (Å²) in [4.78, 5) is 89.6. The Kier molecular flexibility index (Phi) is 13.5. The number of anilines is 1. The molecule has 1 aliphatic carbocycles. The van der Waals surface area contributed by atoms with Crippen molar-refractivity contribution in [1.82, 2.24) is 20.9 Å². The summed E-state index contributed by atoms with van der Waals surface area (Å²) >= 11 is 0. The summed E-state index contributed by atoms with van der Waals surface area (Å²) in [6.45, 7) is 13.1. The second-order valence-electron chi connectivity index (χ2n) is 15.1. The molecule has 6 amide bonds. The van der Waals surface area contributed by atoms with Crippen molar-refractivity contribution in [2.75, 3.05) is 25.5 Å². The molecule has 1 saturated heterocycles. The normalized spacial score (nSPS) is 15.2. The van der Waals surface area contributed by atoms with Gasteiger partial charge in [0.05, 0.1) is 24.8 Å². The lowest BCUT2D eigenvalue weighted by Crippen LogP contribution is -2.46. The Bertz CT molecular complexity index is 2180. The van der Waals surface area contributed by atoms with Crippen molar-refractivity contribution in [1.29, 1.82) is 0 Å². The van der Waals surface area contributed by atoms with Crippen LogP contribution in [0.15, 0.2) is 49.0 Å². The molecule has 1 heterocycles. The monoisotopic (exact) mass is 793 g/mol. The van der Waals surface area contributed by atoms with E-state index in [1.165, 1.54) is 14.0 Å². The molecule has 0 radical (unpaired) electrons. The molecule has 306 valence electrons. The van der Waals surface area contributed by atoms with Crippen LogP contribution >= 0.6 is 0 Å². The maximum Gasteiger partial charge on any atom is 0.246 e. The Balaban J connectivity index is 1.04. The fraction of sp³-hybridized carbons (Fsp3) is 0.386. The van der Waals surface area contributed by atoms with E-state index in [1.54, 1.807) is 36.4 Å². The van der Waals surface area contributed by atoms with Crippen LogP contribution in [0.25, 0.3) is 5.57 Å². The third-order valence-electron chi connectivity index (χ3n) is 10.9. The highest BCUT2D eigenvalue weighted by Crippen LogP contribution is 2.46. The molecule has 3 aromatic rings. The molecule has 1 aliphatic heterocycles. The van der Waals surface area contributed by atoms with Gasteiger partial charge in [0.1, 0.15) is 17.5 Å². The number of rotatable bonds is 16. The number of aromatic hydroxyl groups is 1. The summed E-state index contributed by atoms with van der Waals surface area (Å²) in [6.07, 6.45) is 0.992. The zero-order valence-electron chi connectivity index (χ0n) is 33.8. The van der Waals surface area contributed by atoms with Gasteiger partial charge in [-0.2, -0.15) is 0 Å². The van der Waals surface area contributed by atoms with Crippen LogP contribution < -0.4 is 26.0 Å². The predicted molar refractivity (Wildman–Crippen MR) is 217 cm³/mol. The van der Waals surface area contributed by atoms with Gasteiger partial charge in [0.15, 0.2) is 0 Å². The summed E-state index contributed by atoms with van der Waals surface area (Å²) in [7, 11) is 1.49. The zero-order valence-corrected chi connectivity index (χ0v) is 33.8. The first-order valence-electron chi connectivity index (χ1n) is 19.4. The lowest BCUT2D eigenvalue weighted by atomic mass is 9.76. The first-order chi connectivity index (χ1) is 27.5. The summed E-state index contributed by atoms with van der Waals surface area (Å²) in [5, 5.41) is 22.0. The fourth-order valence-electron chi connectivity index (χ4n) is 7.37. The van der Waals surface area contributed by atoms with Gasteiger partial charge >= 0.3 is 0 Å². The van der Waals surface area contributed by atoms with Crippen LogP contribution in [0.3, 0.4) is 0 Å². The first kappa shape index (κ1) is 42.8. The molecule has 0 saturated carbocycles. The van der Waals surface area contributed by atoms with Gasteiger partial charge in [-0.1, -0.05) is 44.7 Å². The maximum absolute atomic E-state index is 13.7. The Morgan fingerprint density at radius 1 is 0.897 bits per heavy atom. The number of phenols is 1. The van der Waals surface area contributed by atoms with Crippen molar-refractivity contribution in [3.63, 3.8) is 0 Å². The molecule has 3 aromatic carbocycles. The second-order valence-corrected chi connectivity index (χ2v) is 15.1. The van der Waals surface area contributed by atoms with E-state index in [2.05, 4.69) is 27.8 Å². The van der Waals surface area contributed by atoms with Crippen molar-refractivity contribution >= 4 is 52.5 Å². The number of phenolic OH excluding ortho intramolecular Hbond substituents is 1. The SMILES string of the molecule is C=C1c2cccc(OC)c2C(=O)c2c(O)c(CCCC(=O)NCc3ccc(NC(=O)C(C)NC(=O)CNC(=O)CCN4C(=O)CC(C(C)C)C4=O)cc3)c(C)c(C)c21. The number of carbonyl (C=O) groups excluding carboxylic acids is 7. The summed E-state index contributed by atoms with van der Waals surface area (Å²) in [6, 6.07) is 11.2. The quantitative estimate of drug-likeness (QED) is 0.103. The molecule has 5 rings (SSSR count). The number of nitrogens with zero attached hydrogens (tertiary/aromatic N) is 1. The highest BCUT2D eigenvalue weighted by molar-refractivity contribution is 6.22. The number of carbonyl (C=O) groups is 7. The molecule has 5 N–H and O–H groups in total. The number of imide groups is 1. The number of methoxy groups -OCH3 is 1. The van der Waals surface area contributed by atoms with Gasteiger partial charge < -0.3 is 31.1 Å². The number of ether oxygens (including phenoxy) is 1. The van der Waals surface area contributed by atoms with Crippen LogP contribution in [-0.4, -0.2) is 77.5 Å². The van der Waals surface area contributed by atoms with E-state index in [0.29, 0.717) is 52.1 Å². The van der Waals surface area contributed by atoms with Gasteiger partial charge in [0, 0.05) is 44.0 Å². The van der Waals surface area contributed by atoms with Gasteiger partial charge in [-0.3, -0.25) is 38.5 Å². The van der Waals surface area contributed by atoms with Crippen molar-refractivity contribution in [3.05, 3.63) is 93.6 Å². The summed E-state index contributed by atoms with van der Waals surface area (Å²) < 4.78 is 5.45. The first-order valence-corrected chi connectivity index (χ1v) is 19.4. The summed E-state index contributed by atoms with van der Waals surface area (Å²) in [5.41, 5.74) is 6.08. The molecular formula is C44H51N5O9. The van der Waals surface area contributed by atoms with E-state index in [4.69, 9.17) is 4.74 Å². The minimum Gasteiger partial charge on any atom is -0.507 e.